The van der Waals surface area contributed by atoms with Gasteiger partial charge in [0.2, 0.25) is 5.91 Å². The number of carbonyl (C=O) groups is 1. The zero-order chi connectivity index (χ0) is 21.5. The fraction of sp³-hybridized carbons (Fsp3) is 0.955. The summed E-state index contributed by atoms with van der Waals surface area (Å²) in [6.45, 7) is 23.0. The normalized spacial score (nSPS) is 14.7. The summed E-state index contributed by atoms with van der Waals surface area (Å²) in [4.78, 5) is 12.9. The van der Waals surface area contributed by atoms with Crippen LogP contribution in [0, 0.1) is 16.7 Å². The predicted octanol–water partition coefficient (Wildman–Crippen LogP) is 4.01. The molecule has 2 N–H and O–H groups in total. The van der Waals surface area contributed by atoms with Gasteiger partial charge in [-0.25, -0.2) is 0 Å². The van der Waals surface area contributed by atoms with Crippen LogP contribution in [0.2, 0.25) is 0 Å². The maximum atomic E-state index is 12.9. The van der Waals surface area contributed by atoms with Crippen molar-refractivity contribution in [2.45, 2.75) is 93.3 Å². The van der Waals surface area contributed by atoms with Crippen molar-refractivity contribution in [3.63, 3.8) is 0 Å². The number of carbonyl (C=O) groups excluding carboxylic acids is 1. The quantitative estimate of drug-likeness (QED) is 0.470. The van der Waals surface area contributed by atoms with Gasteiger partial charge < -0.3 is 20.1 Å². The fourth-order valence-electron chi connectivity index (χ4n) is 3.33. The molecule has 0 aromatic carbocycles. The number of rotatable bonds is 13. The van der Waals surface area contributed by atoms with E-state index in [0.717, 1.165) is 6.42 Å². The Kier molecular flexibility index (Phi) is 10.5. The molecule has 0 aliphatic heterocycles. The van der Waals surface area contributed by atoms with Gasteiger partial charge in [-0.2, -0.15) is 0 Å². The molecule has 0 bridgehead atoms. The molecule has 27 heavy (non-hydrogen) atoms. The lowest BCUT2D eigenvalue weighted by Crippen LogP contribution is -2.51. The summed E-state index contributed by atoms with van der Waals surface area (Å²) < 4.78 is 11.2. The van der Waals surface area contributed by atoms with Crippen LogP contribution in [-0.4, -0.2) is 50.5 Å². The Hall–Kier alpha value is -0.650. The fourth-order valence-corrected chi connectivity index (χ4v) is 3.33. The molecule has 1 amide bonds. The molecular weight excluding hydrogens is 340 g/mol. The van der Waals surface area contributed by atoms with Gasteiger partial charge in [0.1, 0.15) is 0 Å². The Balaban J connectivity index is 4.93. The molecule has 1 atom stereocenters. The summed E-state index contributed by atoms with van der Waals surface area (Å²) in [6, 6.07) is 0.665. The second-order valence-electron chi connectivity index (χ2n) is 10.2. The Morgan fingerprint density at radius 1 is 0.963 bits per heavy atom. The van der Waals surface area contributed by atoms with Gasteiger partial charge in [0.15, 0.2) is 0 Å². The molecule has 0 spiro atoms. The topological polar surface area (TPSA) is 59.6 Å². The van der Waals surface area contributed by atoms with Crippen LogP contribution < -0.4 is 10.6 Å². The van der Waals surface area contributed by atoms with Crippen molar-refractivity contribution in [2.75, 3.05) is 26.9 Å². The van der Waals surface area contributed by atoms with Crippen molar-refractivity contribution < 1.29 is 14.3 Å². The van der Waals surface area contributed by atoms with E-state index in [2.05, 4.69) is 66.0 Å². The van der Waals surface area contributed by atoms with Gasteiger partial charge in [0.05, 0.1) is 18.8 Å². The van der Waals surface area contributed by atoms with Crippen LogP contribution in [0.4, 0.5) is 0 Å². The summed E-state index contributed by atoms with van der Waals surface area (Å²) in [5, 5.41) is 6.71. The molecule has 0 heterocycles. The zero-order valence-electron chi connectivity index (χ0n) is 19.8. The second-order valence-corrected chi connectivity index (χ2v) is 10.2. The van der Waals surface area contributed by atoms with Gasteiger partial charge in [-0.1, -0.05) is 55.4 Å². The van der Waals surface area contributed by atoms with E-state index >= 15 is 0 Å². The molecule has 0 saturated carbocycles. The summed E-state index contributed by atoms with van der Waals surface area (Å²) in [7, 11) is 1.67. The first-order valence-corrected chi connectivity index (χ1v) is 10.3. The highest BCUT2D eigenvalue weighted by Crippen LogP contribution is 2.43. The highest BCUT2D eigenvalue weighted by atomic mass is 16.5. The van der Waals surface area contributed by atoms with Gasteiger partial charge in [-0.15, -0.1) is 0 Å². The van der Waals surface area contributed by atoms with Crippen molar-refractivity contribution >= 4 is 5.91 Å². The number of ether oxygens (including phenoxy) is 2. The van der Waals surface area contributed by atoms with Gasteiger partial charge >= 0.3 is 0 Å². The maximum Gasteiger partial charge on any atom is 0.225 e. The third kappa shape index (κ3) is 8.93. The lowest BCUT2D eigenvalue weighted by molar-refractivity contribution is -0.141. The summed E-state index contributed by atoms with van der Waals surface area (Å²) in [6.07, 6.45) is 0.732. The van der Waals surface area contributed by atoms with Gasteiger partial charge in [0, 0.05) is 31.2 Å². The summed E-state index contributed by atoms with van der Waals surface area (Å²) in [5.74, 6) is 0.555. The van der Waals surface area contributed by atoms with Gasteiger partial charge in [0.25, 0.3) is 0 Å². The minimum Gasteiger partial charge on any atom is -0.382 e. The van der Waals surface area contributed by atoms with E-state index in [1.807, 2.05) is 13.8 Å². The van der Waals surface area contributed by atoms with Gasteiger partial charge in [-0.3, -0.25) is 4.79 Å². The van der Waals surface area contributed by atoms with E-state index in [9.17, 15) is 4.79 Å². The van der Waals surface area contributed by atoms with E-state index < -0.39 is 5.41 Å². The average Bonchev–Trinajstić information content (AvgIpc) is 2.49. The number of hydrogen-bond donors (Lipinski definition) is 2. The third-order valence-electron chi connectivity index (χ3n) is 5.71. The molecule has 0 radical (unpaired) electrons. The molecule has 5 nitrogen and oxygen atoms in total. The Labute approximate surface area is 168 Å². The molecule has 0 aromatic rings. The van der Waals surface area contributed by atoms with E-state index in [1.165, 1.54) is 0 Å². The Morgan fingerprint density at radius 2 is 1.52 bits per heavy atom. The van der Waals surface area contributed by atoms with E-state index in [4.69, 9.17) is 9.47 Å². The van der Waals surface area contributed by atoms with Crippen LogP contribution in [-0.2, 0) is 14.3 Å². The van der Waals surface area contributed by atoms with Crippen molar-refractivity contribution in [3.8, 4) is 0 Å². The number of methoxy groups -OCH3 is 1. The number of hydrogen-bond acceptors (Lipinski definition) is 4. The molecular formula is C22H46N2O3. The minimum absolute atomic E-state index is 0.0967. The van der Waals surface area contributed by atoms with Crippen molar-refractivity contribution in [3.05, 3.63) is 0 Å². The van der Waals surface area contributed by atoms with Crippen LogP contribution in [0.15, 0.2) is 0 Å². The second kappa shape index (κ2) is 10.8. The SMILES string of the molecule is COCCOC(C)(C)C(C)(C)CC(C)(C)C(=O)NCC(NC(C)C)C(C)C. The first kappa shape index (κ1) is 26.4. The molecule has 0 aliphatic rings. The molecule has 0 saturated heterocycles. The van der Waals surface area contributed by atoms with Crippen molar-refractivity contribution in [1.29, 1.82) is 0 Å². The number of amides is 1. The minimum atomic E-state index is -0.481. The van der Waals surface area contributed by atoms with Crippen LogP contribution in [0.3, 0.4) is 0 Å². The van der Waals surface area contributed by atoms with Gasteiger partial charge in [-0.05, 0) is 31.6 Å². The predicted molar refractivity (Wildman–Crippen MR) is 114 cm³/mol. The lowest BCUT2D eigenvalue weighted by Gasteiger charge is -2.45. The smallest absolute Gasteiger partial charge is 0.225 e. The third-order valence-corrected chi connectivity index (χ3v) is 5.71. The highest BCUT2D eigenvalue weighted by molar-refractivity contribution is 5.81. The van der Waals surface area contributed by atoms with Crippen molar-refractivity contribution in [2.24, 2.45) is 16.7 Å². The van der Waals surface area contributed by atoms with Crippen LogP contribution in [0.5, 0.6) is 0 Å². The molecule has 162 valence electrons. The van der Waals surface area contributed by atoms with Crippen LogP contribution in [0.1, 0.15) is 75.7 Å². The van der Waals surface area contributed by atoms with E-state index in [-0.39, 0.29) is 23.0 Å². The summed E-state index contributed by atoms with van der Waals surface area (Å²) in [5.41, 5.74) is -1.01. The Bertz CT molecular complexity index is 443. The van der Waals surface area contributed by atoms with Crippen LogP contribution in [0.25, 0.3) is 0 Å². The Morgan fingerprint density at radius 3 is 1.96 bits per heavy atom. The molecule has 0 fully saturated rings. The molecule has 0 aliphatic carbocycles. The summed E-state index contributed by atoms with van der Waals surface area (Å²) >= 11 is 0. The standard InChI is InChI=1S/C22H46N2O3/c1-16(2)18(24-17(3)4)14-23-19(25)20(5,6)15-21(7,8)22(9,10)27-13-12-26-11/h16-18,24H,12-15H2,1-11H3,(H,23,25). The maximum absolute atomic E-state index is 12.9. The molecule has 5 heteroatoms. The zero-order valence-corrected chi connectivity index (χ0v) is 19.8. The molecule has 0 rings (SSSR count). The largest absolute Gasteiger partial charge is 0.382 e. The van der Waals surface area contributed by atoms with Crippen LogP contribution >= 0.6 is 0 Å². The van der Waals surface area contributed by atoms with E-state index in [1.54, 1.807) is 7.11 Å². The highest BCUT2D eigenvalue weighted by Gasteiger charge is 2.44. The first-order chi connectivity index (χ1) is 12.2. The molecule has 0 aromatic heterocycles. The lowest BCUT2D eigenvalue weighted by atomic mass is 9.66. The first-order valence-electron chi connectivity index (χ1n) is 10.3. The van der Waals surface area contributed by atoms with E-state index in [0.29, 0.717) is 31.7 Å². The molecule has 1 unspecified atom stereocenters. The van der Waals surface area contributed by atoms with Crippen molar-refractivity contribution in [1.82, 2.24) is 10.6 Å². The monoisotopic (exact) mass is 386 g/mol. The number of nitrogens with one attached hydrogen (secondary N) is 2. The average molecular weight is 387 g/mol.